The second kappa shape index (κ2) is 8.42. The molecule has 126 valence electrons. The summed E-state index contributed by atoms with van der Waals surface area (Å²) >= 11 is 0. The summed E-state index contributed by atoms with van der Waals surface area (Å²) < 4.78 is 53.0. The Morgan fingerprint density at radius 1 is 1.10 bits per heavy atom. The van der Waals surface area contributed by atoms with Crippen molar-refractivity contribution in [3.8, 4) is 0 Å². The van der Waals surface area contributed by atoms with Crippen LogP contribution in [-0.4, -0.2) is 59.9 Å². The molecule has 0 amide bonds. The molecule has 1 saturated carbocycles. The van der Waals surface area contributed by atoms with Crippen LogP contribution in [-0.2, 0) is 24.6 Å². The summed E-state index contributed by atoms with van der Waals surface area (Å²) in [6.45, 7) is 0.757. The third-order valence-corrected chi connectivity index (χ3v) is 6.03. The van der Waals surface area contributed by atoms with Crippen LogP contribution >= 0.6 is 0 Å². The van der Waals surface area contributed by atoms with Gasteiger partial charge in [0, 0.05) is 25.4 Å². The zero-order valence-electron chi connectivity index (χ0n) is 12.5. The minimum atomic E-state index is -3.53. The van der Waals surface area contributed by atoms with Gasteiger partial charge >= 0.3 is 0 Å². The number of sulfonamides is 1. The van der Waals surface area contributed by atoms with Crippen molar-refractivity contribution in [3.05, 3.63) is 0 Å². The molecule has 0 spiro atoms. The topological polar surface area (TPSA) is 116 Å². The van der Waals surface area contributed by atoms with E-state index in [0.29, 0.717) is 13.0 Å². The van der Waals surface area contributed by atoms with Crippen molar-refractivity contribution >= 4 is 19.9 Å². The van der Waals surface area contributed by atoms with Crippen LogP contribution in [0, 0.1) is 0 Å². The second-order valence-electron chi connectivity index (χ2n) is 5.60. The fraction of sp³-hybridized carbons (Fsp3) is 1.00. The van der Waals surface area contributed by atoms with E-state index >= 15 is 0 Å². The van der Waals surface area contributed by atoms with Gasteiger partial charge in [-0.2, -0.15) is 0 Å². The van der Waals surface area contributed by atoms with E-state index < -0.39 is 25.6 Å². The van der Waals surface area contributed by atoms with Crippen LogP contribution in [0.5, 0.6) is 0 Å². The van der Waals surface area contributed by atoms with Crippen molar-refractivity contribution in [2.24, 2.45) is 5.73 Å². The van der Waals surface area contributed by atoms with Gasteiger partial charge in [0.25, 0.3) is 0 Å². The lowest BCUT2D eigenvalue weighted by Crippen LogP contribution is -2.32. The van der Waals surface area contributed by atoms with Crippen LogP contribution in [0.25, 0.3) is 0 Å². The first-order valence-corrected chi connectivity index (χ1v) is 10.9. The molecule has 0 aromatic carbocycles. The Balaban J connectivity index is 2.10. The van der Waals surface area contributed by atoms with Crippen molar-refractivity contribution < 1.29 is 21.6 Å². The molecule has 0 radical (unpaired) electrons. The Morgan fingerprint density at radius 3 is 2.29 bits per heavy atom. The van der Waals surface area contributed by atoms with E-state index in [4.69, 9.17) is 10.5 Å². The number of nitrogens with two attached hydrogens (primary N) is 1. The van der Waals surface area contributed by atoms with E-state index in [2.05, 4.69) is 4.72 Å². The minimum absolute atomic E-state index is 0.228. The van der Waals surface area contributed by atoms with Gasteiger partial charge in [0.05, 0.1) is 17.6 Å². The highest BCUT2D eigenvalue weighted by atomic mass is 32.2. The summed E-state index contributed by atoms with van der Waals surface area (Å²) in [5.41, 5.74) is 5.81. The van der Waals surface area contributed by atoms with Gasteiger partial charge in [-0.3, -0.25) is 0 Å². The van der Waals surface area contributed by atoms with Crippen molar-refractivity contribution in [1.82, 2.24) is 4.72 Å². The zero-order chi connectivity index (χ0) is 15.9. The molecule has 0 unspecified atom stereocenters. The first-order valence-electron chi connectivity index (χ1n) is 7.20. The van der Waals surface area contributed by atoms with Crippen LogP contribution in [0.3, 0.4) is 0 Å². The smallest absolute Gasteiger partial charge is 0.212 e. The van der Waals surface area contributed by atoms with Crippen LogP contribution in [0.1, 0.15) is 32.1 Å². The Kier molecular flexibility index (Phi) is 7.55. The number of hydrogen-bond acceptors (Lipinski definition) is 6. The molecule has 9 heteroatoms. The molecule has 1 fully saturated rings. The van der Waals surface area contributed by atoms with Gasteiger partial charge in [-0.15, -0.1) is 0 Å². The molecule has 0 saturated heterocycles. The van der Waals surface area contributed by atoms with Crippen LogP contribution in [0.2, 0.25) is 0 Å². The number of rotatable bonds is 9. The van der Waals surface area contributed by atoms with Crippen molar-refractivity contribution in [3.63, 3.8) is 0 Å². The summed E-state index contributed by atoms with van der Waals surface area (Å²) in [5.74, 6) is -0.756. The largest absolute Gasteiger partial charge is 0.378 e. The SMILES string of the molecule is CS(=O)(=O)CCS(=O)(=O)NCCCOC1CCC(N)CC1. The Hall–Kier alpha value is -0.220. The summed E-state index contributed by atoms with van der Waals surface area (Å²) in [7, 11) is -6.79. The average molecular weight is 342 g/mol. The number of ether oxygens (including phenoxy) is 1. The molecule has 3 N–H and O–H groups in total. The molecule has 0 aromatic heterocycles. The van der Waals surface area contributed by atoms with Crippen molar-refractivity contribution in [1.29, 1.82) is 0 Å². The molecule has 1 rings (SSSR count). The van der Waals surface area contributed by atoms with Gasteiger partial charge in [0.1, 0.15) is 9.84 Å². The van der Waals surface area contributed by atoms with E-state index in [1.54, 1.807) is 0 Å². The molecule has 7 nitrogen and oxygen atoms in total. The highest BCUT2D eigenvalue weighted by Crippen LogP contribution is 2.19. The van der Waals surface area contributed by atoms with Gasteiger partial charge < -0.3 is 10.5 Å². The van der Waals surface area contributed by atoms with Crippen LogP contribution in [0.15, 0.2) is 0 Å². The van der Waals surface area contributed by atoms with Gasteiger partial charge in [-0.25, -0.2) is 21.6 Å². The predicted octanol–water partition coefficient (Wildman–Crippen LogP) is -0.373. The predicted molar refractivity (Wildman–Crippen MR) is 82.3 cm³/mol. The minimum Gasteiger partial charge on any atom is -0.378 e. The maximum absolute atomic E-state index is 11.5. The third-order valence-electron chi connectivity index (χ3n) is 3.44. The van der Waals surface area contributed by atoms with Gasteiger partial charge in [-0.05, 0) is 32.1 Å². The van der Waals surface area contributed by atoms with Gasteiger partial charge in [0.15, 0.2) is 0 Å². The summed E-state index contributed by atoms with van der Waals surface area (Å²) in [4.78, 5) is 0. The van der Waals surface area contributed by atoms with Crippen LogP contribution < -0.4 is 10.5 Å². The molecule has 0 aromatic rings. The first kappa shape index (κ1) is 18.8. The van der Waals surface area contributed by atoms with Gasteiger partial charge in [-0.1, -0.05) is 0 Å². The lowest BCUT2D eigenvalue weighted by atomic mass is 9.94. The Morgan fingerprint density at radius 2 is 1.71 bits per heavy atom. The molecular formula is C12H26N2O5S2. The maximum atomic E-state index is 11.5. The molecule has 1 aliphatic carbocycles. The average Bonchev–Trinajstić information content (AvgIpc) is 2.38. The van der Waals surface area contributed by atoms with Crippen LogP contribution in [0.4, 0.5) is 0 Å². The summed E-state index contributed by atoms with van der Waals surface area (Å²) in [6, 6.07) is 0.284. The highest BCUT2D eigenvalue weighted by molar-refractivity contribution is 7.93. The maximum Gasteiger partial charge on any atom is 0.212 e. The molecular weight excluding hydrogens is 316 g/mol. The standard InChI is InChI=1S/C12H26N2O5S2/c1-20(15,16)9-10-21(17,18)14-7-2-8-19-12-5-3-11(13)4-6-12/h11-12,14H,2-10,13H2,1H3. The number of sulfone groups is 1. The zero-order valence-corrected chi connectivity index (χ0v) is 14.1. The fourth-order valence-electron chi connectivity index (χ4n) is 2.14. The number of nitrogens with one attached hydrogen (secondary N) is 1. The third kappa shape index (κ3) is 9.41. The Bertz CT molecular complexity index is 496. The van der Waals surface area contributed by atoms with E-state index in [1.165, 1.54) is 0 Å². The van der Waals surface area contributed by atoms with E-state index in [0.717, 1.165) is 31.9 Å². The monoisotopic (exact) mass is 342 g/mol. The summed E-state index contributed by atoms with van der Waals surface area (Å²) in [5, 5.41) is 0. The molecule has 0 aliphatic heterocycles. The lowest BCUT2D eigenvalue weighted by Gasteiger charge is -2.26. The summed E-state index contributed by atoms with van der Waals surface area (Å²) in [6.07, 6.45) is 5.69. The molecule has 0 heterocycles. The van der Waals surface area contributed by atoms with E-state index in [-0.39, 0.29) is 24.4 Å². The Labute approximate surface area is 127 Å². The second-order valence-corrected chi connectivity index (χ2v) is 9.79. The lowest BCUT2D eigenvalue weighted by molar-refractivity contribution is 0.0245. The van der Waals surface area contributed by atoms with Crippen molar-refractivity contribution in [2.75, 3.05) is 30.9 Å². The van der Waals surface area contributed by atoms with E-state index in [1.807, 2.05) is 0 Å². The highest BCUT2D eigenvalue weighted by Gasteiger charge is 2.18. The fourth-order valence-corrected chi connectivity index (χ4v) is 4.83. The molecule has 1 aliphatic rings. The molecule has 21 heavy (non-hydrogen) atoms. The van der Waals surface area contributed by atoms with Gasteiger partial charge in [0.2, 0.25) is 10.0 Å². The molecule has 0 atom stereocenters. The molecule has 0 bridgehead atoms. The quantitative estimate of drug-likeness (QED) is 0.552. The van der Waals surface area contributed by atoms with Crippen molar-refractivity contribution in [2.45, 2.75) is 44.2 Å². The number of hydrogen-bond donors (Lipinski definition) is 2. The normalized spacial score (nSPS) is 24.1. The first-order chi connectivity index (χ1) is 9.68. The van der Waals surface area contributed by atoms with E-state index in [9.17, 15) is 16.8 Å².